The van der Waals surface area contributed by atoms with Gasteiger partial charge in [0.15, 0.2) is 49.6 Å². The largest absolute Gasteiger partial charge is 0.469 e. The molecule has 4 aliphatic rings. The van der Waals surface area contributed by atoms with Gasteiger partial charge in [-0.05, 0) is 83.6 Å². The van der Waals surface area contributed by atoms with Crippen LogP contribution in [0.4, 0.5) is 0 Å². The number of aliphatic hydroxyl groups is 1. The van der Waals surface area contributed by atoms with Crippen LogP contribution in [0.15, 0.2) is 243 Å². The van der Waals surface area contributed by atoms with Gasteiger partial charge in [0.25, 0.3) is 0 Å². The molecule has 109 heavy (non-hydrogen) atoms. The third-order valence-corrected chi connectivity index (χ3v) is 19.0. The minimum Gasteiger partial charge on any atom is -0.469 e. The number of esters is 5. The van der Waals surface area contributed by atoms with E-state index in [1.165, 1.54) is 7.11 Å². The highest BCUT2D eigenvalue weighted by atomic mass is 16.8. The molecule has 8 aromatic rings. The van der Waals surface area contributed by atoms with Gasteiger partial charge in [0, 0.05) is 13.0 Å². The molecular formula is C86H92O23. The van der Waals surface area contributed by atoms with Crippen molar-refractivity contribution in [1.29, 1.82) is 0 Å². The minimum absolute atomic E-state index is 0.000879. The summed E-state index contributed by atoms with van der Waals surface area (Å²) < 4.78 is 111. The molecule has 1 N–H and O–H groups in total. The van der Waals surface area contributed by atoms with Crippen LogP contribution >= 0.6 is 0 Å². The molecule has 4 aliphatic heterocycles. The Morgan fingerprint density at radius 3 is 0.826 bits per heavy atom. The van der Waals surface area contributed by atoms with Crippen LogP contribution in [-0.2, 0) is 112 Å². The monoisotopic (exact) mass is 1490 g/mol. The van der Waals surface area contributed by atoms with Crippen molar-refractivity contribution < 1.29 is 110 Å². The fraction of sp³-hybridized carbons (Fsp3) is 0.384. The Morgan fingerprint density at radius 2 is 0.541 bits per heavy atom. The van der Waals surface area contributed by atoms with Crippen LogP contribution in [0.2, 0.25) is 0 Å². The predicted octanol–water partition coefficient (Wildman–Crippen LogP) is 12.1. The van der Waals surface area contributed by atoms with Crippen LogP contribution in [0.3, 0.4) is 0 Å². The fourth-order valence-electron chi connectivity index (χ4n) is 13.2. The maximum Gasteiger partial charge on any atom is 0.338 e. The van der Waals surface area contributed by atoms with E-state index in [0.717, 1.165) is 54.4 Å². The molecule has 23 heteroatoms. The molecule has 0 unspecified atom stereocenters. The van der Waals surface area contributed by atoms with Crippen LogP contribution in [-0.4, -0.2) is 174 Å². The first-order valence-corrected chi connectivity index (χ1v) is 37.0. The van der Waals surface area contributed by atoms with Crippen molar-refractivity contribution in [1.82, 2.24) is 0 Å². The summed E-state index contributed by atoms with van der Waals surface area (Å²) >= 11 is 0. The SMILES string of the molecule is COC(=O)CCCCCCCCO[C@H]1O[C@H](CO[C@H]2O[C@H](CO[C@H]3O[C@H](CO[C@H]4O[C@H](CO)[C@@H](OCc5ccccc5)[C@@H]4OC(=O)c4ccccc4)[C@@H](OCc4ccccc4)[C@@H]3OC(=O)c3ccccc3)[C@@H](OCc3ccccc3)[C@@H]2OC(=O)c2ccccc2)[C@@H](OCc2ccccc2)[C@@H]1OC(=O)c1ccccc1. The number of benzene rings is 8. The smallest absolute Gasteiger partial charge is 0.338 e. The Kier molecular flexibility index (Phi) is 30.1. The number of ether oxygens (including phenoxy) is 17. The van der Waals surface area contributed by atoms with Gasteiger partial charge in [0.2, 0.25) is 0 Å². The highest BCUT2D eigenvalue weighted by molar-refractivity contribution is 5.91. The van der Waals surface area contributed by atoms with Gasteiger partial charge in [-0.15, -0.1) is 0 Å². The zero-order chi connectivity index (χ0) is 75.4. The number of carbonyl (C=O) groups excluding carboxylic acids is 5. The number of aliphatic hydroxyl groups excluding tert-OH is 1. The maximum atomic E-state index is 14.6. The zero-order valence-electron chi connectivity index (χ0n) is 60.6. The number of methoxy groups -OCH3 is 1. The van der Waals surface area contributed by atoms with Gasteiger partial charge in [-0.1, -0.05) is 220 Å². The molecule has 0 radical (unpaired) electrons. The molecule has 574 valence electrons. The van der Waals surface area contributed by atoms with Crippen LogP contribution in [0.25, 0.3) is 0 Å². The van der Waals surface area contributed by atoms with E-state index in [-0.39, 0.29) is 68.9 Å². The average Bonchev–Trinajstić information content (AvgIpc) is 1.65. The standard InChI is InChI=1S/C86H92O23/c1-93-70(88)48-30-4-2-3-5-31-49-94-83-76(107-80(90)63-42-24-11-25-43-63)72(96-52-59-34-16-7-17-35-59)67(103-83)55-100-85-78(109-82(92)65-46-28-13-29-47-65)74(98-54-61-38-20-9-21-39-61)69(105-85)57-101-86-77(108-81(91)64-44-26-12-27-45-64)73(97-53-60-36-18-8-19-37-60)68(104-86)56-99-84-75(106-79(89)62-40-22-10-23-41-62)71(66(50-87)102-84)95-51-58-32-14-6-15-33-58/h6-29,32-47,66-69,71-78,83-87H,2-5,30-31,48-57H2,1H3/t66-,67-,68-,69-,71-,72-,73-,74-,75+,76+,77+,78+,83+,84+,85+,86+/m1/s1. The van der Waals surface area contributed by atoms with Gasteiger partial charge in [0.05, 0.1) is 82.2 Å². The second-order valence-electron chi connectivity index (χ2n) is 26.7. The van der Waals surface area contributed by atoms with Gasteiger partial charge in [-0.2, -0.15) is 0 Å². The van der Waals surface area contributed by atoms with E-state index in [9.17, 15) is 29.1 Å². The fourth-order valence-corrected chi connectivity index (χ4v) is 13.2. The lowest BCUT2D eigenvalue weighted by Gasteiger charge is -2.27. The summed E-state index contributed by atoms with van der Waals surface area (Å²) in [5, 5.41) is 10.9. The van der Waals surface area contributed by atoms with Crippen molar-refractivity contribution in [3.8, 4) is 0 Å². The van der Waals surface area contributed by atoms with Crippen molar-refractivity contribution in [2.24, 2.45) is 0 Å². The molecule has 16 atom stereocenters. The lowest BCUT2D eigenvalue weighted by Crippen LogP contribution is -2.44. The molecule has 0 aromatic heterocycles. The summed E-state index contributed by atoms with van der Waals surface area (Å²) in [6, 6.07) is 71.3. The Bertz CT molecular complexity index is 4020. The van der Waals surface area contributed by atoms with E-state index in [1.54, 1.807) is 121 Å². The summed E-state index contributed by atoms with van der Waals surface area (Å²) in [5.41, 5.74) is 4.16. The topological polar surface area (TPSA) is 262 Å². The number of carbonyl (C=O) groups is 5. The molecule has 4 fully saturated rings. The molecular weight excluding hydrogens is 1400 g/mol. The average molecular weight is 1490 g/mol. The summed E-state index contributed by atoms with van der Waals surface area (Å²) in [7, 11) is 1.38. The molecule has 0 bridgehead atoms. The van der Waals surface area contributed by atoms with Gasteiger partial charge in [-0.3, -0.25) is 4.79 Å². The Hall–Kier alpha value is -9.41. The lowest BCUT2D eigenvalue weighted by molar-refractivity contribution is -0.225. The normalized spacial score (nSPS) is 25.0. The second kappa shape index (κ2) is 41.4. The maximum absolute atomic E-state index is 14.6. The number of unbranched alkanes of at least 4 members (excludes halogenated alkanes) is 5. The zero-order valence-corrected chi connectivity index (χ0v) is 60.6. The van der Waals surface area contributed by atoms with Crippen molar-refractivity contribution in [3.05, 3.63) is 287 Å². The molecule has 0 amide bonds. The molecule has 0 aliphatic carbocycles. The van der Waals surface area contributed by atoms with Gasteiger partial charge in [0.1, 0.15) is 48.8 Å². The molecule has 12 rings (SSSR count). The molecule has 4 saturated heterocycles. The highest BCUT2D eigenvalue weighted by Gasteiger charge is 2.56. The van der Waals surface area contributed by atoms with Crippen LogP contribution in [0, 0.1) is 0 Å². The first-order valence-electron chi connectivity index (χ1n) is 37.0. The summed E-state index contributed by atoms with van der Waals surface area (Å²) in [5.74, 6) is -3.02. The quantitative estimate of drug-likeness (QED) is 0.0212. The Balaban J connectivity index is 0.840. The van der Waals surface area contributed by atoms with Crippen molar-refractivity contribution in [3.63, 3.8) is 0 Å². The van der Waals surface area contributed by atoms with Gasteiger partial charge >= 0.3 is 29.8 Å². The molecule has 8 aromatic carbocycles. The number of rotatable bonds is 40. The number of hydrogen-bond acceptors (Lipinski definition) is 23. The summed E-state index contributed by atoms with van der Waals surface area (Å²) in [6.45, 7) is -1.22. The van der Waals surface area contributed by atoms with Gasteiger partial charge < -0.3 is 85.6 Å². The van der Waals surface area contributed by atoms with E-state index in [2.05, 4.69) is 0 Å². The predicted molar refractivity (Wildman–Crippen MR) is 393 cm³/mol. The molecule has 0 spiro atoms. The summed E-state index contributed by atoms with van der Waals surface area (Å²) in [6.07, 6.45) is -14.0. The molecule has 4 heterocycles. The first kappa shape index (κ1) is 79.1. The van der Waals surface area contributed by atoms with Crippen molar-refractivity contribution in [2.75, 3.05) is 40.1 Å². The first-order chi connectivity index (χ1) is 53.5. The van der Waals surface area contributed by atoms with Crippen LogP contribution in [0.5, 0.6) is 0 Å². The van der Waals surface area contributed by atoms with Crippen LogP contribution < -0.4 is 0 Å². The summed E-state index contributed by atoms with van der Waals surface area (Å²) in [4.78, 5) is 69.0. The third-order valence-electron chi connectivity index (χ3n) is 19.0. The Morgan fingerprint density at radius 1 is 0.294 bits per heavy atom. The third kappa shape index (κ3) is 22.6. The van der Waals surface area contributed by atoms with Crippen molar-refractivity contribution >= 4 is 29.8 Å². The second-order valence-corrected chi connectivity index (χ2v) is 26.7. The van der Waals surface area contributed by atoms with E-state index < -0.39 is 135 Å². The van der Waals surface area contributed by atoms with Gasteiger partial charge in [-0.25, -0.2) is 19.2 Å². The molecule has 0 saturated carbocycles. The van der Waals surface area contributed by atoms with E-state index in [4.69, 9.17) is 80.5 Å². The number of hydrogen-bond donors (Lipinski definition) is 1. The van der Waals surface area contributed by atoms with E-state index in [1.807, 2.05) is 121 Å². The Labute approximate surface area is 633 Å². The van der Waals surface area contributed by atoms with E-state index >= 15 is 0 Å². The van der Waals surface area contributed by atoms with E-state index in [0.29, 0.717) is 18.4 Å². The lowest BCUT2D eigenvalue weighted by atomic mass is 10.1. The highest BCUT2D eigenvalue weighted by Crippen LogP contribution is 2.38. The van der Waals surface area contributed by atoms with Crippen LogP contribution in [0.1, 0.15) is 109 Å². The molecule has 23 nitrogen and oxygen atoms in total. The van der Waals surface area contributed by atoms with Crippen molar-refractivity contribution in [2.45, 2.75) is 170 Å². The minimum atomic E-state index is -1.46.